The van der Waals surface area contributed by atoms with Crippen LogP contribution in [0.3, 0.4) is 0 Å². The van der Waals surface area contributed by atoms with Crippen molar-refractivity contribution >= 4 is 22.0 Å². The summed E-state index contributed by atoms with van der Waals surface area (Å²) in [6.45, 7) is 3.56. The molecular weight excluding hydrogens is 304 g/mol. The van der Waals surface area contributed by atoms with Gasteiger partial charge in [0.2, 0.25) is 0 Å². The number of urea groups is 1. The quantitative estimate of drug-likeness (QED) is 0.749. The third-order valence-corrected chi connectivity index (χ3v) is 3.79. The number of halogens is 1. The van der Waals surface area contributed by atoms with Crippen LogP contribution in [0.15, 0.2) is 28.7 Å². The molecule has 106 valence electrons. The standard InChI is InChI=1S/C15H23BrN2O/c1-3-4-5-8-11-17-15(19)18(2)12-13-9-6-7-10-14(13)16/h6-7,9-10H,3-5,8,11-12H2,1-2H3,(H,17,19). The average molecular weight is 327 g/mol. The summed E-state index contributed by atoms with van der Waals surface area (Å²) in [4.78, 5) is 13.6. The summed E-state index contributed by atoms with van der Waals surface area (Å²) >= 11 is 3.50. The van der Waals surface area contributed by atoms with E-state index in [4.69, 9.17) is 0 Å². The molecule has 2 amide bonds. The largest absolute Gasteiger partial charge is 0.338 e. The Kier molecular flexibility index (Phi) is 7.56. The third kappa shape index (κ3) is 6.10. The van der Waals surface area contributed by atoms with Gasteiger partial charge in [-0.1, -0.05) is 60.3 Å². The second-order valence-electron chi connectivity index (χ2n) is 4.74. The Morgan fingerprint density at radius 2 is 2.00 bits per heavy atom. The summed E-state index contributed by atoms with van der Waals surface area (Å²) in [7, 11) is 1.82. The van der Waals surface area contributed by atoms with Crippen molar-refractivity contribution in [3.63, 3.8) is 0 Å². The van der Waals surface area contributed by atoms with E-state index in [2.05, 4.69) is 28.2 Å². The summed E-state index contributed by atoms with van der Waals surface area (Å²) in [6.07, 6.45) is 4.70. The summed E-state index contributed by atoms with van der Waals surface area (Å²) in [5, 5.41) is 2.95. The van der Waals surface area contributed by atoms with Crippen LogP contribution in [-0.4, -0.2) is 24.5 Å². The Morgan fingerprint density at radius 1 is 1.26 bits per heavy atom. The minimum absolute atomic E-state index is 0.00717. The minimum atomic E-state index is -0.00717. The molecule has 0 atom stereocenters. The number of nitrogens with one attached hydrogen (secondary N) is 1. The molecule has 0 heterocycles. The first-order valence-corrected chi connectivity index (χ1v) is 7.66. The van der Waals surface area contributed by atoms with Gasteiger partial charge in [0, 0.05) is 24.6 Å². The predicted molar refractivity (Wildman–Crippen MR) is 83.1 cm³/mol. The molecule has 0 radical (unpaired) electrons. The Hall–Kier alpha value is -1.03. The van der Waals surface area contributed by atoms with Gasteiger partial charge in [0.1, 0.15) is 0 Å². The van der Waals surface area contributed by atoms with Crippen molar-refractivity contribution in [3.05, 3.63) is 34.3 Å². The van der Waals surface area contributed by atoms with Gasteiger partial charge in [-0.3, -0.25) is 0 Å². The van der Waals surface area contributed by atoms with E-state index >= 15 is 0 Å². The molecule has 1 rings (SSSR count). The summed E-state index contributed by atoms with van der Waals surface area (Å²) in [5.41, 5.74) is 1.12. The molecule has 0 aliphatic carbocycles. The molecule has 0 fully saturated rings. The van der Waals surface area contributed by atoms with E-state index in [-0.39, 0.29) is 6.03 Å². The molecule has 1 aromatic rings. The molecule has 0 unspecified atom stereocenters. The SMILES string of the molecule is CCCCCCNC(=O)N(C)Cc1ccccc1Br. The molecule has 0 spiro atoms. The van der Waals surface area contributed by atoms with Crippen LogP contribution in [-0.2, 0) is 6.54 Å². The van der Waals surface area contributed by atoms with E-state index in [1.807, 2.05) is 31.3 Å². The Balaban J connectivity index is 2.31. The summed E-state index contributed by atoms with van der Waals surface area (Å²) < 4.78 is 1.04. The fraction of sp³-hybridized carbons (Fsp3) is 0.533. The van der Waals surface area contributed by atoms with Crippen molar-refractivity contribution < 1.29 is 4.79 Å². The number of hydrogen-bond donors (Lipinski definition) is 1. The van der Waals surface area contributed by atoms with Gasteiger partial charge in [0.15, 0.2) is 0 Å². The Bertz CT molecular complexity index is 395. The predicted octanol–water partition coefficient (Wildman–Crippen LogP) is 4.17. The van der Waals surface area contributed by atoms with Gasteiger partial charge in [-0.15, -0.1) is 0 Å². The van der Waals surface area contributed by atoms with E-state index in [0.29, 0.717) is 6.54 Å². The zero-order chi connectivity index (χ0) is 14.1. The molecule has 0 bridgehead atoms. The van der Waals surface area contributed by atoms with Crippen molar-refractivity contribution in [2.45, 2.75) is 39.2 Å². The van der Waals surface area contributed by atoms with Gasteiger partial charge >= 0.3 is 6.03 Å². The van der Waals surface area contributed by atoms with Gasteiger partial charge in [-0.05, 0) is 18.1 Å². The van der Waals surface area contributed by atoms with Gasteiger partial charge in [0.05, 0.1) is 0 Å². The Labute approximate surface area is 124 Å². The number of benzene rings is 1. The molecule has 0 aromatic heterocycles. The van der Waals surface area contributed by atoms with Crippen molar-refractivity contribution in [3.8, 4) is 0 Å². The maximum absolute atomic E-state index is 11.9. The number of amides is 2. The first kappa shape index (κ1) is 16.0. The van der Waals surface area contributed by atoms with Gasteiger partial charge < -0.3 is 10.2 Å². The lowest BCUT2D eigenvalue weighted by molar-refractivity contribution is 0.206. The zero-order valence-corrected chi connectivity index (χ0v) is 13.4. The summed E-state index contributed by atoms with van der Waals surface area (Å²) in [5.74, 6) is 0. The monoisotopic (exact) mass is 326 g/mol. The number of rotatable bonds is 7. The van der Waals surface area contributed by atoms with Crippen LogP contribution in [0.25, 0.3) is 0 Å². The number of hydrogen-bond acceptors (Lipinski definition) is 1. The molecule has 0 aliphatic rings. The molecule has 3 nitrogen and oxygen atoms in total. The maximum atomic E-state index is 11.9. The lowest BCUT2D eigenvalue weighted by Gasteiger charge is -2.18. The zero-order valence-electron chi connectivity index (χ0n) is 11.8. The van der Waals surface area contributed by atoms with Crippen LogP contribution in [0.5, 0.6) is 0 Å². The fourth-order valence-corrected chi connectivity index (χ4v) is 2.25. The van der Waals surface area contributed by atoms with E-state index in [1.165, 1.54) is 19.3 Å². The second-order valence-corrected chi connectivity index (χ2v) is 5.59. The van der Waals surface area contributed by atoms with Crippen LogP contribution in [0.4, 0.5) is 4.79 Å². The highest BCUT2D eigenvalue weighted by Gasteiger charge is 2.09. The van der Waals surface area contributed by atoms with Crippen molar-refractivity contribution in [2.75, 3.05) is 13.6 Å². The van der Waals surface area contributed by atoms with Crippen LogP contribution >= 0.6 is 15.9 Å². The van der Waals surface area contributed by atoms with Crippen LogP contribution in [0.1, 0.15) is 38.2 Å². The molecule has 0 aliphatic heterocycles. The van der Waals surface area contributed by atoms with Crippen LogP contribution in [0.2, 0.25) is 0 Å². The molecular formula is C15H23BrN2O. The van der Waals surface area contributed by atoms with E-state index in [0.717, 1.165) is 23.0 Å². The molecule has 4 heteroatoms. The van der Waals surface area contributed by atoms with Crippen LogP contribution < -0.4 is 5.32 Å². The number of unbranched alkanes of at least 4 members (excludes halogenated alkanes) is 3. The number of nitrogens with zero attached hydrogens (tertiary/aromatic N) is 1. The molecule has 19 heavy (non-hydrogen) atoms. The summed E-state index contributed by atoms with van der Waals surface area (Å²) in [6, 6.07) is 7.96. The highest BCUT2D eigenvalue weighted by atomic mass is 79.9. The van der Waals surface area contributed by atoms with Gasteiger partial charge in [0.25, 0.3) is 0 Å². The lowest BCUT2D eigenvalue weighted by atomic mass is 10.2. The van der Waals surface area contributed by atoms with Crippen molar-refractivity contribution in [1.29, 1.82) is 0 Å². The maximum Gasteiger partial charge on any atom is 0.317 e. The first-order valence-electron chi connectivity index (χ1n) is 6.87. The Morgan fingerprint density at radius 3 is 2.68 bits per heavy atom. The number of carbonyl (C=O) groups is 1. The second kappa shape index (κ2) is 8.97. The smallest absolute Gasteiger partial charge is 0.317 e. The minimum Gasteiger partial charge on any atom is -0.338 e. The van der Waals surface area contributed by atoms with Gasteiger partial charge in [-0.25, -0.2) is 4.79 Å². The van der Waals surface area contributed by atoms with E-state index in [1.54, 1.807) is 4.90 Å². The third-order valence-electron chi connectivity index (χ3n) is 3.02. The van der Waals surface area contributed by atoms with E-state index < -0.39 is 0 Å². The van der Waals surface area contributed by atoms with Crippen LogP contribution in [0, 0.1) is 0 Å². The van der Waals surface area contributed by atoms with Crippen molar-refractivity contribution in [1.82, 2.24) is 10.2 Å². The molecule has 1 aromatic carbocycles. The molecule has 0 saturated heterocycles. The fourth-order valence-electron chi connectivity index (χ4n) is 1.84. The topological polar surface area (TPSA) is 32.3 Å². The first-order chi connectivity index (χ1) is 9.15. The average Bonchev–Trinajstić information content (AvgIpc) is 2.41. The highest BCUT2D eigenvalue weighted by Crippen LogP contribution is 2.17. The lowest BCUT2D eigenvalue weighted by Crippen LogP contribution is -2.37. The molecule has 0 saturated carbocycles. The van der Waals surface area contributed by atoms with Gasteiger partial charge in [-0.2, -0.15) is 0 Å². The number of carbonyl (C=O) groups excluding carboxylic acids is 1. The normalized spacial score (nSPS) is 10.3. The highest BCUT2D eigenvalue weighted by molar-refractivity contribution is 9.10. The van der Waals surface area contributed by atoms with E-state index in [9.17, 15) is 4.79 Å². The van der Waals surface area contributed by atoms with Crippen molar-refractivity contribution in [2.24, 2.45) is 0 Å². The molecule has 1 N–H and O–H groups in total.